The third-order valence-electron chi connectivity index (χ3n) is 6.58. The fourth-order valence-corrected chi connectivity index (χ4v) is 4.89. The molecule has 0 saturated heterocycles. The van der Waals surface area contributed by atoms with E-state index in [9.17, 15) is 4.79 Å². The van der Waals surface area contributed by atoms with Gasteiger partial charge in [0.1, 0.15) is 11.5 Å². The maximum atomic E-state index is 13.2. The first-order valence-corrected chi connectivity index (χ1v) is 11.1. The Bertz CT molecular complexity index is 1050. The van der Waals surface area contributed by atoms with Crippen LogP contribution in [-0.4, -0.2) is 30.8 Å². The summed E-state index contributed by atoms with van der Waals surface area (Å²) in [5, 5.41) is 6.75. The minimum atomic E-state index is -0.111. The Morgan fingerprint density at radius 2 is 1.71 bits per heavy atom. The molecule has 2 fully saturated rings. The maximum absolute atomic E-state index is 13.2. The molecule has 0 radical (unpaired) electrons. The van der Waals surface area contributed by atoms with Crippen molar-refractivity contribution in [1.82, 2.24) is 5.01 Å². The molecule has 2 aromatic rings. The molecule has 3 aliphatic rings. The second-order valence-electron chi connectivity index (χ2n) is 8.54. The van der Waals surface area contributed by atoms with Crippen molar-refractivity contribution in [3.63, 3.8) is 0 Å². The highest BCUT2D eigenvalue weighted by atomic mass is 16.5. The van der Waals surface area contributed by atoms with Crippen molar-refractivity contribution in [3.05, 3.63) is 65.2 Å². The first kappa shape index (κ1) is 19.9. The molecule has 5 heteroatoms. The number of hydrogen-bond donors (Lipinski definition) is 0. The van der Waals surface area contributed by atoms with Gasteiger partial charge >= 0.3 is 0 Å². The average Bonchev–Trinajstić information content (AvgIpc) is 3.59. The van der Waals surface area contributed by atoms with E-state index in [0.717, 1.165) is 60.4 Å². The summed E-state index contributed by atoms with van der Waals surface area (Å²) in [6.07, 6.45) is 7.16. The number of ether oxygens (including phenoxy) is 2. The maximum Gasteiger partial charge on any atom is 0.246 e. The number of fused-ring (bicyclic) bond motifs is 1. The van der Waals surface area contributed by atoms with Crippen molar-refractivity contribution in [3.8, 4) is 11.5 Å². The van der Waals surface area contributed by atoms with Crippen LogP contribution in [0.1, 0.15) is 49.3 Å². The molecule has 1 aliphatic heterocycles. The number of allylic oxidation sites excluding steroid dienone is 1. The number of methoxy groups -OCH3 is 2. The van der Waals surface area contributed by atoms with Gasteiger partial charge < -0.3 is 9.47 Å². The summed E-state index contributed by atoms with van der Waals surface area (Å²) in [6.45, 7) is 0. The van der Waals surface area contributed by atoms with E-state index in [1.807, 2.05) is 36.4 Å². The lowest BCUT2D eigenvalue weighted by molar-refractivity contribution is -0.135. The average molecular weight is 417 g/mol. The lowest BCUT2D eigenvalue weighted by atomic mass is 9.77. The molecule has 2 aliphatic carbocycles. The van der Waals surface area contributed by atoms with Crippen LogP contribution in [0.5, 0.6) is 11.5 Å². The number of rotatable bonds is 5. The Labute approximate surface area is 183 Å². The van der Waals surface area contributed by atoms with E-state index in [1.54, 1.807) is 19.2 Å². The van der Waals surface area contributed by atoms with Crippen molar-refractivity contribution >= 4 is 17.7 Å². The van der Waals surface area contributed by atoms with E-state index in [-0.39, 0.29) is 23.8 Å². The van der Waals surface area contributed by atoms with Gasteiger partial charge in [-0.05, 0) is 55.9 Å². The van der Waals surface area contributed by atoms with Crippen molar-refractivity contribution in [2.45, 2.75) is 38.1 Å². The highest BCUT2D eigenvalue weighted by molar-refractivity contribution is 6.08. The number of para-hydroxylation sites is 2. The van der Waals surface area contributed by atoms with E-state index in [1.165, 1.54) is 5.57 Å². The lowest BCUT2D eigenvalue weighted by Crippen LogP contribution is -2.33. The number of benzene rings is 2. The first-order valence-electron chi connectivity index (χ1n) is 11.1. The molecule has 2 saturated carbocycles. The predicted molar refractivity (Wildman–Crippen MR) is 121 cm³/mol. The Morgan fingerprint density at radius 1 is 1.00 bits per heavy atom. The van der Waals surface area contributed by atoms with Crippen LogP contribution in [0.3, 0.4) is 0 Å². The number of nitrogens with zero attached hydrogens (tertiary/aromatic N) is 2. The van der Waals surface area contributed by atoms with Gasteiger partial charge in [0, 0.05) is 23.0 Å². The second kappa shape index (κ2) is 8.22. The third-order valence-corrected chi connectivity index (χ3v) is 6.58. The van der Waals surface area contributed by atoms with Crippen LogP contribution in [0.4, 0.5) is 0 Å². The number of hydrazone groups is 1. The van der Waals surface area contributed by atoms with Crippen molar-refractivity contribution in [2.75, 3.05) is 14.2 Å². The minimum Gasteiger partial charge on any atom is -0.496 e. The SMILES string of the molecule is COc1ccccc1/C=C1\CCCC2C1=NN(C(=O)C1CC1)C2c1ccccc1OC. The zero-order valence-corrected chi connectivity index (χ0v) is 18.1. The quantitative estimate of drug-likeness (QED) is 0.670. The van der Waals surface area contributed by atoms with E-state index < -0.39 is 0 Å². The molecule has 0 bridgehead atoms. The summed E-state index contributed by atoms with van der Waals surface area (Å²) in [5.74, 6) is 2.10. The summed E-state index contributed by atoms with van der Waals surface area (Å²) in [6, 6.07) is 16.0. The summed E-state index contributed by atoms with van der Waals surface area (Å²) in [4.78, 5) is 13.2. The van der Waals surface area contributed by atoms with Crippen LogP contribution in [0, 0.1) is 11.8 Å². The molecule has 5 nitrogen and oxygen atoms in total. The fraction of sp³-hybridized carbons (Fsp3) is 0.385. The topological polar surface area (TPSA) is 51.1 Å². The fourth-order valence-electron chi connectivity index (χ4n) is 4.89. The molecule has 0 aromatic heterocycles. The third kappa shape index (κ3) is 3.62. The van der Waals surface area contributed by atoms with E-state index in [2.05, 4.69) is 18.2 Å². The molecule has 0 spiro atoms. The first-order chi connectivity index (χ1) is 15.2. The largest absolute Gasteiger partial charge is 0.496 e. The zero-order chi connectivity index (χ0) is 21.4. The number of carbonyl (C=O) groups is 1. The molecular weight excluding hydrogens is 388 g/mol. The van der Waals surface area contributed by atoms with Crippen molar-refractivity contribution < 1.29 is 14.3 Å². The van der Waals surface area contributed by atoms with E-state index in [4.69, 9.17) is 14.6 Å². The number of carbonyl (C=O) groups excluding carboxylic acids is 1. The smallest absolute Gasteiger partial charge is 0.246 e. The standard InChI is InChI=1S/C26H28N2O3/c1-30-22-12-5-3-8-18(22)16-19-9-7-11-21-24(19)27-28(26(29)17-14-15-17)25(21)20-10-4-6-13-23(20)31-2/h3-6,8,10,12-13,16-17,21,25H,7,9,11,14-15H2,1-2H3/b19-16+. The van der Waals surface area contributed by atoms with Crippen LogP contribution in [0.15, 0.2) is 59.2 Å². The molecule has 5 rings (SSSR count). The van der Waals surface area contributed by atoms with Crippen LogP contribution in [-0.2, 0) is 4.79 Å². The van der Waals surface area contributed by atoms with Crippen molar-refractivity contribution in [2.24, 2.45) is 16.9 Å². The van der Waals surface area contributed by atoms with Gasteiger partial charge in [0.05, 0.1) is 26.0 Å². The van der Waals surface area contributed by atoms with E-state index >= 15 is 0 Å². The summed E-state index contributed by atoms with van der Waals surface area (Å²) in [5.41, 5.74) is 4.33. The minimum absolute atomic E-state index is 0.111. The van der Waals surface area contributed by atoms with E-state index in [0.29, 0.717) is 0 Å². The molecular formula is C26H28N2O3. The number of hydrogen-bond acceptors (Lipinski definition) is 4. The van der Waals surface area contributed by atoms with Crippen LogP contribution >= 0.6 is 0 Å². The molecule has 1 heterocycles. The highest BCUT2D eigenvalue weighted by Gasteiger charge is 2.47. The van der Waals surface area contributed by atoms with Crippen molar-refractivity contribution in [1.29, 1.82) is 0 Å². The number of amides is 1. The normalized spacial score (nSPS) is 24.0. The van der Waals surface area contributed by atoms with Crippen LogP contribution < -0.4 is 9.47 Å². The molecule has 2 aromatic carbocycles. The highest BCUT2D eigenvalue weighted by Crippen LogP contribution is 2.48. The van der Waals surface area contributed by atoms with Gasteiger partial charge in [-0.25, -0.2) is 5.01 Å². The van der Waals surface area contributed by atoms with Gasteiger partial charge in [-0.1, -0.05) is 36.4 Å². The zero-order valence-electron chi connectivity index (χ0n) is 18.1. The second-order valence-corrected chi connectivity index (χ2v) is 8.54. The predicted octanol–water partition coefficient (Wildman–Crippen LogP) is 5.24. The molecule has 2 unspecified atom stereocenters. The van der Waals surface area contributed by atoms with Gasteiger partial charge in [0.2, 0.25) is 5.91 Å². The van der Waals surface area contributed by atoms with Crippen LogP contribution in [0.25, 0.3) is 6.08 Å². The molecule has 1 amide bonds. The Kier molecular flexibility index (Phi) is 5.26. The summed E-state index contributed by atoms with van der Waals surface area (Å²) >= 11 is 0. The van der Waals surface area contributed by atoms with Gasteiger partial charge in [-0.2, -0.15) is 5.10 Å². The molecule has 160 valence electrons. The lowest BCUT2D eigenvalue weighted by Gasteiger charge is -2.30. The Balaban J connectivity index is 1.58. The van der Waals surface area contributed by atoms with Crippen LogP contribution in [0.2, 0.25) is 0 Å². The molecule has 2 atom stereocenters. The monoisotopic (exact) mass is 416 g/mol. The van der Waals surface area contributed by atoms with Gasteiger partial charge in [-0.15, -0.1) is 0 Å². The summed E-state index contributed by atoms with van der Waals surface area (Å²) in [7, 11) is 3.39. The molecule has 31 heavy (non-hydrogen) atoms. The van der Waals surface area contributed by atoms with Gasteiger partial charge in [0.25, 0.3) is 0 Å². The van der Waals surface area contributed by atoms with Gasteiger partial charge in [0.15, 0.2) is 0 Å². The molecule has 0 N–H and O–H groups in total. The Hall–Kier alpha value is -3.08. The summed E-state index contributed by atoms with van der Waals surface area (Å²) < 4.78 is 11.2. The Morgan fingerprint density at radius 3 is 2.45 bits per heavy atom. The van der Waals surface area contributed by atoms with Gasteiger partial charge in [-0.3, -0.25) is 4.79 Å².